The number of hydrogen-bond donors (Lipinski definition) is 2. The minimum Gasteiger partial charge on any atom is -0.378 e. The molecule has 1 amide bonds. The summed E-state index contributed by atoms with van der Waals surface area (Å²) in [6.07, 6.45) is 7.54. The monoisotopic (exact) mass is 409 g/mol. The van der Waals surface area contributed by atoms with Gasteiger partial charge in [0.25, 0.3) is 5.91 Å². The zero-order chi connectivity index (χ0) is 20.8. The number of carbonyl (C=O) groups excluding carboxylic acids is 1. The summed E-state index contributed by atoms with van der Waals surface area (Å²) in [6, 6.07) is 21.4. The molecular formula is C27H27N3O. The van der Waals surface area contributed by atoms with E-state index in [9.17, 15) is 4.79 Å². The van der Waals surface area contributed by atoms with Gasteiger partial charge in [0.05, 0.1) is 6.04 Å². The van der Waals surface area contributed by atoms with Crippen LogP contribution in [-0.4, -0.2) is 10.9 Å². The standard InChI is InChI=1S/C27H27N3O/c31-27(29-16-17-5-4-12-28-15-17)21-10-11-23-22(14-21)24-19-8-9-20(13-19)25(24)26(30-23)18-6-2-1-3-7-18/h1-7,10-12,14-15,19-20,24-26,30H,8-9,13,16H2,(H,29,31)/t19-,20+,24-,25-,26+/m0/s1. The summed E-state index contributed by atoms with van der Waals surface area (Å²) < 4.78 is 0. The molecule has 4 nitrogen and oxygen atoms in total. The average molecular weight is 410 g/mol. The molecule has 5 atom stereocenters. The molecule has 2 N–H and O–H groups in total. The molecule has 2 fully saturated rings. The number of hydrogen-bond acceptors (Lipinski definition) is 3. The van der Waals surface area contributed by atoms with Crippen LogP contribution in [0.4, 0.5) is 5.69 Å². The maximum absolute atomic E-state index is 12.9. The number of aromatic nitrogens is 1. The topological polar surface area (TPSA) is 54.0 Å². The second kappa shape index (κ2) is 7.52. The molecule has 0 saturated heterocycles. The molecule has 156 valence electrons. The van der Waals surface area contributed by atoms with Crippen molar-refractivity contribution in [2.75, 3.05) is 5.32 Å². The lowest BCUT2D eigenvalue weighted by molar-refractivity contribution is 0.0950. The number of fused-ring (bicyclic) bond motifs is 7. The molecule has 2 heterocycles. The third-order valence-corrected chi connectivity index (χ3v) is 7.68. The Morgan fingerprint density at radius 1 is 1.03 bits per heavy atom. The van der Waals surface area contributed by atoms with E-state index < -0.39 is 0 Å². The van der Waals surface area contributed by atoms with Gasteiger partial charge in [-0.05, 0) is 83.9 Å². The maximum atomic E-state index is 12.9. The van der Waals surface area contributed by atoms with Gasteiger partial charge in [0, 0.05) is 30.2 Å². The second-order valence-electron chi connectivity index (χ2n) is 9.32. The zero-order valence-corrected chi connectivity index (χ0v) is 17.5. The van der Waals surface area contributed by atoms with Crippen molar-refractivity contribution in [2.24, 2.45) is 17.8 Å². The third kappa shape index (κ3) is 3.21. The molecule has 31 heavy (non-hydrogen) atoms. The van der Waals surface area contributed by atoms with Crippen LogP contribution in [-0.2, 0) is 6.54 Å². The van der Waals surface area contributed by atoms with Gasteiger partial charge in [-0.25, -0.2) is 0 Å². The molecule has 1 aliphatic heterocycles. The van der Waals surface area contributed by atoms with Gasteiger partial charge in [-0.2, -0.15) is 0 Å². The molecule has 2 bridgehead atoms. The van der Waals surface area contributed by atoms with Gasteiger partial charge >= 0.3 is 0 Å². The summed E-state index contributed by atoms with van der Waals surface area (Å²) in [5, 5.41) is 6.90. The van der Waals surface area contributed by atoms with E-state index in [2.05, 4.69) is 58.1 Å². The summed E-state index contributed by atoms with van der Waals surface area (Å²) in [5.74, 6) is 2.67. The number of benzene rings is 2. The SMILES string of the molecule is O=C(NCc1cccnc1)c1ccc2c(c1)[C@@H]1[C@H]3CC[C@H](C3)[C@@H]1[C@@H](c1ccccc1)N2. The van der Waals surface area contributed by atoms with Crippen LogP contribution < -0.4 is 10.6 Å². The average Bonchev–Trinajstić information content (AvgIpc) is 3.46. The molecule has 2 aromatic carbocycles. The molecule has 6 rings (SSSR count). The number of carbonyl (C=O) groups is 1. The fraction of sp³-hybridized carbons (Fsp3) is 0.333. The van der Waals surface area contributed by atoms with Gasteiger partial charge in [0.1, 0.15) is 0 Å². The van der Waals surface area contributed by atoms with E-state index in [4.69, 9.17) is 0 Å². The minimum atomic E-state index is -0.0171. The van der Waals surface area contributed by atoms with Crippen LogP contribution in [0.15, 0.2) is 73.1 Å². The highest BCUT2D eigenvalue weighted by Crippen LogP contribution is 2.63. The largest absolute Gasteiger partial charge is 0.378 e. The first-order valence-electron chi connectivity index (χ1n) is 11.4. The van der Waals surface area contributed by atoms with Crippen LogP contribution in [0, 0.1) is 17.8 Å². The molecule has 3 aliphatic rings. The highest BCUT2D eigenvalue weighted by atomic mass is 16.1. The quantitative estimate of drug-likeness (QED) is 0.614. The first kappa shape index (κ1) is 18.6. The van der Waals surface area contributed by atoms with Crippen LogP contribution in [0.3, 0.4) is 0 Å². The highest BCUT2D eigenvalue weighted by Gasteiger charge is 2.53. The summed E-state index contributed by atoms with van der Waals surface area (Å²) in [4.78, 5) is 17.0. The fourth-order valence-electron chi connectivity index (χ4n) is 6.40. The van der Waals surface area contributed by atoms with Crippen molar-refractivity contribution in [1.29, 1.82) is 0 Å². The Hall–Kier alpha value is -3.14. The van der Waals surface area contributed by atoms with Crippen molar-refractivity contribution in [3.63, 3.8) is 0 Å². The molecule has 0 unspecified atom stereocenters. The highest BCUT2D eigenvalue weighted by molar-refractivity contribution is 5.95. The molecule has 0 radical (unpaired) electrons. The lowest BCUT2D eigenvalue weighted by atomic mass is 9.68. The number of rotatable bonds is 4. The van der Waals surface area contributed by atoms with Crippen LogP contribution in [0.2, 0.25) is 0 Å². The summed E-state index contributed by atoms with van der Waals surface area (Å²) >= 11 is 0. The summed E-state index contributed by atoms with van der Waals surface area (Å²) in [7, 11) is 0. The van der Waals surface area contributed by atoms with E-state index in [1.807, 2.05) is 18.2 Å². The van der Waals surface area contributed by atoms with Crippen molar-refractivity contribution in [3.05, 3.63) is 95.3 Å². The van der Waals surface area contributed by atoms with E-state index in [0.29, 0.717) is 24.4 Å². The zero-order valence-electron chi connectivity index (χ0n) is 17.5. The Bertz CT molecular complexity index is 1100. The van der Waals surface area contributed by atoms with Gasteiger partial charge in [-0.3, -0.25) is 9.78 Å². The molecule has 1 aromatic heterocycles. The Morgan fingerprint density at radius 3 is 2.74 bits per heavy atom. The van der Waals surface area contributed by atoms with Gasteiger partial charge < -0.3 is 10.6 Å². The van der Waals surface area contributed by atoms with Crippen LogP contribution >= 0.6 is 0 Å². The fourth-order valence-corrected chi connectivity index (χ4v) is 6.40. The van der Waals surface area contributed by atoms with Gasteiger partial charge in [0.15, 0.2) is 0 Å². The normalized spacial score (nSPS) is 27.8. The van der Waals surface area contributed by atoms with Gasteiger partial charge in [0.2, 0.25) is 0 Å². The van der Waals surface area contributed by atoms with Gasteiger partial charge in [-0.15, -0.1) is 0 Å². The van der Waals surface area contributed by atoms with E-state index in [1.54, 1.807) is 12.4 Å². The van der Waals surface area contributed by atoms with E-state index >= 15 is 0 Å². The smallest absolute Gasteiger partial charge is 0.251 e. The van der Waals surface area contributed by atoms with Crippen LogP contribution in [0.5, 0.6) is 0 Å². The first-order chi connectivity index (χ1) is 15.3. The molecule has 2 saturated carbocycles. The number of nitrogens with one attached hydrogen (secondary N) is 2. The van der Waals surface area contributed by atoms with Crippen LogP contribution in [0.1, 0.15) is 58.3 Å². The van der Waals surface area contributed by atoms with Gasteiger partial charge in [-0.1, -0.05) is 36.4 Å². The number of nitrogens with zero attached hydrogens (tertiary/aromatic N) is 1. The van der Waals surface area contributed by atoms with E-state index in [1.165, 1.54) is 36.1 Å². The maximum Gasteiger partial charge on any atom is 0.251 e. The number of anilines is 1. The third-order valence-electron chi connectivity index (χ3n) is 7.68. The first-order valence-corrected chi connectivity index (χ1v) is 11.4. The van der Waals surface area contributed by atoms with Crippen molar-refractivity contribution in [2.45, 2.75) is 37.8 Å². The predicted molar refractivity (Wildman–Crippen MR) is 122 cm³/mol. The van der Waals surface area contributed by atoms with E-state index in [-0.39, 0.29) is 5.91 Å². The second-order valence-corrected chi connectivity index (χ2v) is 9.32. The Labute approximate surface area is 183 Å². The van der Waals surface area contributed by atoms with Crippen molar-refractivity contribution in [1.82, 2.24) is 10.3 Å². The lowest BCUT2D eigenvalue weighted by Gasteiger charge is -2.43. The van der Waals surface area contributed by atoms with Crippen molar-refractivity contribution >= 4 is 11.6 Å². The molecule has 4 heteroatoms. The van der Waals surface area contributed by atoms with Crippen molar-refractivity contribution < 1.29 is 4.79 Å². The predicted octanol–water partition coefficient (Wildman–Crippen LogP) is 5.31. The summed E-state index contributed by atoms with van der Waals surface area (Å²) in [6.45, 7) is 0.495. The molecule has 3 aromatic rings. The van der Waals surface area contributed by atoms with E-state index in [0.717, 1.165) is 23.0 Å². The minimum absolute atomic E-state index is 0.0171. The Morgan fingerprint density at radius 2 is 1.90 bits per heavy atom. The number of pyridine rings is 1. The Kier molecular flexibility index (Phi) is 4.52. The lowest BCUT2D eigenvalue weighted by Crippen LogP contribution is -2.35. The van der Waals surface area contributed by atoms with Crippen LogP contribution in [0.25, 0.3) is 0 Å². The Balaban J connectivity index is 1.30. The molecule has 2 aliphatic carbocycles. The van der Waals surface area contributed by atoms with Crippen molar-refractivity contribution in [3.8, 4) is 0 Å². The summed E-state index contributed by atoms with van der Waals surface area (Å²) in [5.41, 5.74) is 5.69. The molecule has 0 spiro atoms. The molecular weight excluding hydrogens is 382 g/mol. The number of amides is 1.